The zero-order valence-electron chi connectivity index (χ0n) is 12.5. The molecule has 1 aliphatic rings. The first kappa shape index (κ1) is 15.6. The van der Waals surface area contributed by atoms with Gasteiger partial charge in [-0.15, -0.1) is 0 Å². The van der Waals surface area contributed by atoms with Gasteiger partial charge in [0.25, 0.3) is 5.91 Å². The van der Waals surface area contributed by atoms with Gasteiger partial charge in [-0.25, -0.2) is 0 Å². The molecule has 4 heteroatoms. The van der Waals surface area contributed by atoms with Crippen molar-refractivity contribution in [2.24, 2.45) is 0 Å². The lowest BCUT2D eigenvalue weighted by Crippen LogP contribution is -2.39. The molecule has 1 aliphatic heterocycles. The number of aliphatic hydroxyl groups excluding tert-OH is 1. The summed E-state index contributed by atoms with van der Waals surface area (Å²) in [7, 11) is 0. The summed E-state index contributed by atoms with van der Waals surface area (Å²) in [6.07, 6.45) is 1.34. The number of carbonyl (C=O) groups excluding carboxylic acids is 1. The average Bonchev–Trinajstić information content (AvgIpc) is 2.86. The summed E-state index contributed by atoms with van der Waals surface area (Å²) in [6.45, 7) is 4.61. The first-order chi connectivity index (χ1) is 10.1. The average molecular weight is 287 g/mol. The minimum Gasteiger partial charge on any atom is -0.395 e. The van der Waals surface area contributed by atoms with Crippen LogP contribution >= 0.6 is 0 Å². The van der Waals surface area contributed by atoms with Gasteiger partial charge in [0.05, 0.1) is 18.8 Å². The number of hydrogen-bond acceptors (Lipinski definition) is 3. The van der Waals surface area contributed by atoms with Crippen LogP contribution in [0, 0.1) is 18.8 Å². The highest BCUT2D eigenvalue weighted by Crippen LogP contribution is 2.16. The lowest BCUT2D eigenvalue weighted by Gasteiger charge is -2.17. The Hall–Kier alpha value is -1.83. The van der Waals surface area contributed by atoms with Crippen LogP contribution in [0.25, 0.3) is 0 Å². The van der Waals surface area contributed by atoms with E-state index in [0.29, 0.717) is 18.6 Å². The zero-order valence-corrected chi connectivity index (χ0v) is 12.5. The van der Waals surface area contributed by atoms with Crippen molar-refractivity contribution in [2.45, 2.75) is 38.8 Å². The van der Waals surface area contributed by atoms with Crippen LogP contribution in [-0.2, 0) is 4.74 Å². The predicted octanol–water partition coefficient (Wildman–Crippen LogP) is 1.64. The lowest BCUT2D eigenvalue weighted by atomic mass is 10.0. The van der Waals surface area contributed by atoms with E-state index >= 15 is 0 Å². The zero-order chi connectivity index (χ0) is 15.2. The van der Waals surface area contributed by atoms with Crippen LogP contribution in [0.4, 0.5) is 0 Å². The van der Waals surface area contributed by atoms with Gasteiger partial charge in [0.1, 0.15) is 0 Å². The molecule has 1 aromatic carbocycles. The molecule has 4 nitrogen and oxygen atoms in total. The summed E-state index contributed by atoms with van der Waals surface area (Å²) >= 11 is 0. The van der Waals surface area contributed by atoms with Crippen molar-refractivity contribution in [2.75, 3.05) is 13.2 Å². The highest BCUT2D eigenvalue weighted by molar-refractivity contribution is 5.96. The third kappa shape index (κ3) is 3.84. The number of ether oxygens (including phenoxy) is 1. The molecular weight excluding hydrogens is 266 g/mol. The molecule has 1 amide bonds. The van der Waals surface area contributed by atoms with E-state index in [-0.39, 0.29) is 24.7 Å². The van der Waals surface area contributed by atoms with E-state index < -0.39 is 0 Å². The highest BCUT2D eigenvalue weighted by Gasteiger charge is 2.26. The predicted molar refractivity (Wildman–Crippen MR) is 81.0 cm³/mol. The number of hydrogen-bond donors (Lipinski definition) is 2. The van der Waals surface area contributed by atoms with Gasteiger partial charge in [0.15, 0.2) is 0 Å². The van der Waals surface area contributed by atoms with E-state index in [1.165, 1.54) is 0 Å². The molecule has 2 N–H and O–H groups in total. The summed E-state index contributed by atoms with van der Waals surface area (Å²) in [5.41, 5.74) is 2.34. The fourth-order valence-corrected chi connectivity index (χ4v) is 2.40. The van der Waals surface area contributed by atoms with Crippen molar-refractivity contribution in [1.29, 1.82) is 0 Å². The molecule has 2 unspecified atom stereocenters. The van der Waals surface area contributed by atoms with E-state index in [1.807, 2.05) is 32.0 Å². The topological polar surface area (TPSA) is 58.6 Å². The van der Waals surface area contributed by atoms with Gasteiger partial charge in [-0.1, -0.05) is 17.9 Å². The van der Waals surface area contributed by atoms with E-state index in [9.17, 15) is 4.79 Å². The summed E-state index contributed by atoms with van der Waals surface area (Å²) in [6, 6.07) is 5.60. The van der Waals surface area contributed by atoms with Crippen LogP contribution in [0.5, 0.6) is 0 Å². The number of benzene rings is 1. The third-order valence-electron chi connectivity index (χ3n) is 3.73. The fraction of sp³-hybridized carbons (Fsp3) is 0.471. The monoisotopic (exact) mass is 287 g/mol. The van der Waals surface area contributed by atoms with Crippen LogP contribution < -0.4 is 5.32 Å². The minimum atomic E-state index is -0.0827. The van der Waals surface area contributed by atoms with Crippen molar-refractivity contribution in [1.82, 2.24) is 5.32 Å². The van der Waals surface area contributed by atoms with E-state index in [2.05, 4.69) is 17.2 Å². The Kier molecular flexibility index (Phi) is 5.38. The molecule has 0 saturated carbocycles. The summed E-state index contributed by atoms with van der Waals surface area (Å²) in [5.74, 6) is 5.80. The standard InChI is InChI=1S/C17H21NO3/c1-12-14(6-3-4-10-19)7-5-8-15(12)17(20)18-16-9-11-21-13(16)2/h5,7-8,13,16,19H,4,9-11H2,1-2H3,(H,18,20). The molecule has 0 aromatic heterocycles. The Bertz CT molecular complexity index is 571. The largest absolute Gasteiger partial charge is 0.395 e. The highest BCUT2D eigenvalue weighted by atomic mass is 16.5. The van der Waals surface area contributed by atoms with Crippen molar-refractivity contribution in [3.8, 4) is 11.8 Å². The van der Waals surface area contributed by atoms with Crippen LogP contribution in [0.15, 0.2) is 18.2 Å². The van der Waals surface area contributed by atoms with Gasteiger partial charge >= 0.3 is 0 Å². The van der Waals surface area contributed by atoms with Crippen LogP contribution in [0.1, 0.15) is 41.3 Å². The molecule has 2 atom stereocenters. The molecular formula is C17H21NO3. The summed E-state index contributed by atoms with van der Waals surface area (Å²) in [5, 5.41) is 11.8. The smallest absolute Gasteiger partial charge is 0.251 e. The second kappa shape index (κ2) is 7.26. The summed E-state index contributed by atoms with van der Waals surface area (Å²) < 4.78 is 5.46. The van der Waals surface area contributed by atoms with Gasteiger partial charge in [0, 0.05) is 24.2 Å². The molecule has 0 bridgehead atoms. The van der Waals surface area contributed by atoms with Gasteiger partial charge < -0.3 is 15.2 Å². The molecule has 112 valence electrons. The molecule has 0 aliphatic carbocycles. The Morgan fingerprint density at radius 3 is 3.00 bits per heavy atom. The SMILES string of the molecule is Cc1c(C#CCCO)cccc1C(=O)NC1CCOC1C. The van der Waals surface area contributed by atoms with Crippen molar-refractivity contribution in [3.05, 3.63) is 34.9 Å². The molecule has 21 heavy (non-hydrogen) atoms. The molecule has 1 aromatic rings. The first-order valence-electron chi connectivity index (χ1n) is 7.25. The second-order valence-corrected chi connectivity index (χ2v) is 5.20. The van der Waals surface area contributed by atoms with E-state index in [4.69, 9.17) is 9.84 Å². The van der Waals surface area contributed by atoms with Crippen LogP contribution in [-0.4, -0.2) is 36.4 Å². The maximum Gasteiger partial charge on any atom is 0.251 e. The fourth-order valence-electron chi connectivity index (χ4n) is 2.40. The maximum absolute atomic E-state index is 12.4. The number of carbonyl (C=O) groups is 1. The molecule has 1 fully saturated rings. The number of aliphatic hydroxyl groups is 1. The Labute approximate surface area is 125 Å². The lowest BCUT2D eigenvalue weighted by molar-refractivity contribution is 0.0865. The number of amides is 1. The normalized spacial score (nSPS) is 20.7. The van der Waals surface area contributed by atoms with Crippen LogP contribution in [0.2, 0.25) is 0 Å². The summed E-state index contributed by atoms with van der Waals surface area (Å²) in [4.78, 5) is 12.4. The van der Waals surface area contributed by atoms with Crippen molar-refractivity contribution < 1.29 is 14.6 Å². The second-order valence-electron chi connectivity index (χ2n) is 5.20. The first-order valence-corrected chi connectivity index (χ1v) is 7.25. The number of nitrogens with one attached hydrogen (secondary N) is 1. The van der Waals surface area contributed by atoms with Crippen LogP contribution in [0.3, 0.4) is 0 Å². The van der Waals surface area contributed by atoms with Crippen molar-refractivity contribution >= 4 is 5.91 Å². The molecule has 0 radical (unpaired) electrons. The van der Waals surface area contributed by atoms with E-state index in [0.717, 1.165) is 17.5 Å². The minimum absolute atomic E-state index is 0.0474. The van der Waals surface area contributed by atoms with Crippen molar-refractivity contribution in [3.63, 3.8) is 0 Å². The maximum atomic E-state index is 12.4. The quantitative estimate of drug-likeness (QED) is 0.831. The molecule has 2 rings (SSSR count). The molecule has 1 saturated heterocycles. The van der Waals surface area contributed by atoms with Gasteiger partial charge in [0.2, 0.25) is 0 Å². The Balaban J connectivity index is 2.14. The third-order valence-corrected chi connectivity index (χ3v) is 3.73. The van der Waals surface area contributed by atoms with Gasteiger partial charge in [-0.05, 0) is 38.0 Å². The Morgan fingerprint density at radius 1 is 1.52 bits per heavy atom. The number of rotatable bonds is 3. The molecule has 1 heterocycles. The van der Waals surface area contributed by atoms with Gasteiger partial charge in [-0.3, -0.25) is 4.79 Å². The van der Waals surface area contributed by atoms with Gasteiger partial charge in [-0.2, -0.15) is 0 Å². The Morgan fingerprint density at radius 2 is 2.33 bits per heavy atom. The molecule has 0 spiro atoms. The van der Waals surface area contributed by atoms with E-state index in [1.54, 1.807) is 0 Å².